The molecular formula is C14H12N2O4. The van der Waals surface area contributed by atoms with E-state index in [1.54, 1.807) is 19.1 Å². The van der Waals surface area contributed by atoms with Crippen LogP contribution in [0.4, 0.5) is 5.69 Å². The summed E-state index contributed by atoms with van der Waals surface area (Å²) in [6.45, 7) is 3.52. The van der Waals surface area contributed by atoms with Crippen molar-refractivity contribution >= 4 is 11.7 Å². The van der Waals surface area contributed by atoms with E-state index in [9.17, 15) is 14.9 Å². The van der Waals surface area contributed by atoms with Gasteiger partial charge in [0.05, 0.1) is 4.92 Å². The van der Waals surface area contributed by atoms with Crippen LogP contribution in [0.3, 0.4) is 0 Å². The number of nitro groups is 1. The minimum atomic E-state index is -1.13. The second kappa shape index (κ2) is 5.08. The van der Waals surface area contributed by atoms with Gasteiger partial charge in [-0.2, -0.15) is 0 Å². The number of hydrogen-bond acceptors (Lipinski definition) is 4. The molecule has 0 spiro atoms. The summed E-state index contributed by atoms with van der Waals surface area (Å²) in [7, 11) is 0. The average Bonchev–Trinajstić information content (AvgIpc) is 2.41. The highest BCUT2D eigenvalue weighted by atomic mass is 16.6. The van der Waals surface area contributed by atoms with Crippen molar-refractivity contribution in [1.29, 1.82) is 0 Å². The van der Waals surface area contributed by atoms with E-state index in [4.69, 9.17) is 5.11 Å². The minimum absolute atomic E-state index is 0.0340. The van der Waals surface area contributed by atoms with Gasteiger partial charge in [0.15, 0.2) is 0 Å². The molecule has 0 amide bonds. The number of carboxylic acid groups (broad SMARTS) is 1. The van der Waals surface area contributed by atoms with Crippen LogP contribution < -0.4 is 0 Å². The summed E-state index contributed by atoms with van der Waals surface area (Å²) in [4.78, 5) is 25.4. The van der Waals surface area contributed by atoms with Crippen molar-refractivity contribution in [2.45, 2.75) is 13.8 Å². The number of aromatic carboxylic acids is 1. The summed E-state index contributed by atoms with van der Waals surface area (Å²) in [5.74, 6) is -1.13. The van der Waals surface area contributed by atoms with Gasteiger partial charge in [0, 0.05) is 17.8 Å². The third kappa shape index (κ3) is 2.49. The molecule has 20 heavy (non-hydrogen) atoms. The largest absolute Gasteiger partial charge is 0.477 e. The highest BCUT2D eigenvalue weighted by Gasteiger charge is 2.14. The number of aromatic nitrogens is 1. The van der Waals surface area contributed by atoms with Crippen molar-refractivity contribution in [3.05, 3.63) is 57.4 Å². The normalized spacial score (nSPS) is 10.3. The molecule has 2 rings (SSSR count). The highest BCUT2D eigenvalue weighted by Crippen LogP contribution is 2.28. The molecule has 0 aliphatic rings. The summed E-state index contributed by atoms with van der Waals surface area (Å²) in [6.07, 6.45) is 0. The number of nitrogens with zero attached hydrogens (tertiary/aromatic N) is 2. The van der Waals surface area contributed by atoms with Crippen molar-refractivity contribution < 1.29 is 14.8 Å². The van der Waals surface area contributed by atoms with Crippen LogP contribution >= 0.6 is 0 Å². The number of carbonyl (C=O) groups is 1. The van der Waals surface area contributed by atoms with E-state index in [2.05, 4.69) is 4.98 Å². The van der Waals surface area contributed by atoms with Gasteiger partial charge in [-0.05, 0) is 36.6 Å². The zero-order valence-corrected chi connectivity index (χ0v) is 11.0. The molecule has 6 heteroatoms. The van der Waals surface area contributed by atoms with E-state index in [-0.39, 0.29) is 11.4 Å². The molecule has 1 heterocycles. The van der Waals surface area contributed by atoms with E-state index in [1.807, 2.05) is 6.92 Å². The molecule has 1 N–H and O–H groups in total. The summed E-state index contributed by atoms with van der Waals surface area (Å²) in [5.41, 5.74) is 2.52. The predicted octanol–water partition coefficient (Wildman–Crippen LogP) is 2.97. The topological polar surface area (TPSA) is 93.3 Å². The number of aryl methyl sites for hydroxylation is 1. The Kier molecular flexibility index (Phi) is 3.47. The molecule has 0 saturated heterocycles. The van der Waals surface area contributed by atoms with Crippen LogP contribution in [0.25, 0.3) is 11.1 Å². The molecule has 0 unspecified atom stereocenters. The van der Waals surface area contributed by atoms with Crippen molar-refractivity contribution in [2.24, 2.45) is 0 Å². The highest BCUT2D eigenvalue weighted by molar-refractivity contribution is 5.88. The van der Waals surface area contributed by atoms with Gasteiger partial charge in [-0.25, -0.2) is 9.78 Å². The molecule has 0 aliphatic heterocycles. The van der Waals surface area contributed by atoms with Gasteiger partial charge in [-0.15, -0.1) is 0 Å². The monoisotopic (exact) mass is 272 g/mol. The van der Waals surface area contributed by atoms with Gasteiger partial charge in [0.25, 0.3) is 5.69 Å². The molecule has 102 valence electrons. The lowest BCUT2D eigenvalue weighted by molar-refractivity contribution is -0.384. The first kappa shape index (κ1) is 13.7. The molecule has 0 saturated carbocycles. The maximum atomic E-state index is 11.1. The fraction of sp³-hybridized carbons (Fsp3) is 0.143. The van der Waals surface area contributed by atoms with E-state index in [1.165, 1.54) is 18.2 Å². The Morgan fingerprint density at radius 1 is 1.30 bits per heavy atom. The lowest BCUT2D eigenvalue weighted by Crippen LogP contribution is -2.04. The van der Waals surface area contributed by atoms with Gasteiger partial charge in [-0.3, -0.25) is 10.1 Å². The first-order chi connectivity index (χ1) is 9.40. The Morgan fingerprint density at radius 2 is 2.00 bits per heavy atom. The predicted molar refractivity (Wildman–Crippen MR) is 72.8 cm³/mol. The molecule has 0 radical (unpaired) electrons. The maximum absolute atomic E-state index is 11.1. The van der Waals surface area contributed by atoms with Gasteiger partial charge in [0.2, 0.25) is 0 Å². The van der Waals surface area contributed by atoms with Gasteiger partial charge in [-0.1, -0.05) is 12.1 Å². The second-order valence-electron chi connectivity index (χ2n) is 4.38. The van der Waals surface area contributed by atoms with E-state index in [0.717, 1.165) is 5.56 Å². The standard InChI is InChI=1S/C14H12N2O4/c1-8-9(2)15-13(14(17)18)7-12(8)10-4-3-5-11(6-10)16(19)20/h3-7H,1-2H3,(H,17,18). The molecule has 0 fully saturated rings. The number of nitro benzene ring substituents is 1. The number of benzene rings is 1. The molecule has 1 aromatic heterocycles. The fourth-order valence-electron chi connectivity index (χ4n) is 1.93. The lowest BCUT2D eigenvalue weighted by atomic mass is 9.99. The van der Waals surface area contributed by atoms with Gasteiger partial charge >= 0.3 is 5.97 Å². The van der Waals surface area contributed by atoms with Crippen LogP contribution in [0.2, 0.25) is 0 Å². The fourth-order valence-corrected chi connectivity index (χ4v) is 1.93. The smallest absolute Gasteiger partial charge is 0.354 e. The van der Waals surface area contributed by atoms with Crippen molar-refractivity contribution in [2.75, 3.05) is 0 Å². The van der Waals surface area contributed by atoms with Crippen LogP contribution in [-0.2, 0) is 0 Å². The van der Waals surface area contributed by atoms with Gasteiger partial charge in [0.1, 0.15) is 5.69 Å². The number of pyridine rings is 1. The number of hydrogen-bond donors (Lipinski definition) is 1. The summed E-state index contributed by atoms with van der Waals surface area (Å²) in [6, 6.07) is 7.53. The average molecular weight is 272 g/mol. The first-order valence-corrected chi connectivity index (χ1v) is 5.86. The van der Waals surface area contributed by atoms with Crippen LogP contribution in [0.1, 0.15) is 21.7 Å². The van der Waals surface area contributed by atoms with E-state index in [0.29, 0.717) is 16.8 Å². The molecule has 6 nitrogen and oxygen atoms in total. The van der Waals surface area contributed by atoms with Crippen molar-refractivity contribution in [3.8, 4) is 11.1 Å². The van der Waals surface area contributed by atoms with Crippen LogP contribution in [0.5, 0.6) is 0 Å². The maximum Gasteiger partial charge on any atom is 0.354 e. The zero-order chi connectivity index (χ0) is 14.9. The Morgan fingerprint density at radius 3 is 2.60 bits per heavy atom. The quantitative estimate of drug-likeness (QED) is 0.684. The second-order valence-corrected chi connectivity index (χ2v) is 4.38. The Hall–Kier alpha value is -2.76. The lowest BCUT2D eigenvalue weighted by Gasteiger charge is -2.10. The van der Waals surface area contributed by atoms with Crippen LogP contribution in [0.15, 0.2) is 30.3 Å². The summed E-state index contributed by atoms with van der Waals surface area (Å²) >= 11 is 0. The first-order valence-electron chi connectivity index (χ1n) is 5.86. The Labute approximate surface area is 114 Å². The number of rotatable bonds is 3. The van der Waals surface area contributed by atoms with E-state index >= 15 is 0 Å². The molecule has 0 aliphatic carbocycles. The van der Waals surface area contributed by atoms with Crippen LogP contribution in [-0.4, -0.2) is 21.0 Å². The molecule has 2 aromatic rings. The third-order valence-electron chi connectivity index (χ3n) is 3.10. The van der Waals surface area contributed by atoms with Crippen molar-refractivity contribution in [3.63, 3.8) is 0 Å². The van der Waals surface area contributed by atoms with Gasteiger partial charge < -0.3 is 5.11 Å². The van der Waals surface area contributed by atoms with Crippen molar-refractivity contribution in [1.82, 2.24) is 4.98 Å². The minimum Gasteiger partial charge on any atom is -0.477 e. The Balaban J connectivity index is 2.65. The summed E-state index contributed by atoms with van der Waals surface area (Å²) < 4.78 is 0. The molecule has 0 bridgehead atoms. The molecular weight excluding hydrogens is 260 g/mol. The molecule has 1 aromatic carbocycles. The Bertz CT molecular complexity index is 710. The number of carboxylic acids is 1. The van der Waals surface area contributed by atoms with Crippen LogP contribution in [0, 0.1) is 24.0 Å². The van der Waals surface area contributed by atoms with E-state index < -0.39 is 10.9 Å². The number of non-ortho nitro benzene ring substituents is 1. The third-order valence-corrected chi connectivity index (χ3v) is 3.10. The SMILES string of the molecule is Cc1nc(C(=O)O)cc(-c2cccc([N+](=O)[O-])c2)c1C. The summed E-state index contributed by atoms with van der Waals surface area (Å²) in [5, 5.41) is 19.9. The zero-order valence-electron chi connectivity index (χ0n) is 11.0. The molecule has 0 atom stereocenters.